The highest BCUT2D eigenvalue weighted by Gasteiger charge is 2.34. The first-order valence-corrected chi connectivity index (χ1v) is 8.26. The van der Waals surface area contributed by atoms with E-state index in [1.165, 1.54) is 22.5 Å². The van der Waals surface area contributed by atoms with Crippen molar-refractivity contribution in [1.82, 2.24) is 4.31 Å². The summed E-state index contributed by atoms with van der Waals surface area (Å²) >= 11 is 0. The minimum atomic E-state index is -3.44. The van der Waals surface area contributed by atoms with Crippen LogP contribution in [0.3, 0.4) is 0 Å². The maximum absolute atomic E-state index is 13.5. The summed E-state index contributed by atoms with van der Waals surface area (Å²) in [5.41, 5.74) is 0.0662. The molecule has 1 atom stereocenters. The number of para-hydroxylation sites is 1. The Bertz CT molecular complexity index is 603. The highest BCUT2D eigenvalue weighted by molar-refractivity contribution is 7.88. The molecule has 1 fully saturated rings. The predicted molar refractivity (Wildman–Crippen MR) is 74.2 cm³/mol. The van der Waals surface area contributed by atoms with E-state index in [9.17, 15) is 17.6 Å². The first-order chi connectivity index (χ1) is 9.39. The first-order valence-electron chi connectivity index (χ1n) is 6.42. The average Bonchev–Trinajstić information content (AvgIpc) is 2.40. The Balaban J connectivity index is 2.17. The van der Waals surface area contributed by atoms with Crippen molar-refractivity contribution in [2.24, 2.45) is 0 Å². The fourth-order valence-corrected chi connectivity index (χ4v) is 3.47. The normalized spacial score (nSPS) is 20.6. The second-order valence-electron chi connectivity index (χ2n) is 4.85. The second kappa shape index (κ2) is 5.88. The van der Waals surface area contributed by atoms with Gasteiger partial charge in [-0.15, -0.1) is 0 Å². The number of piperidine rings is 1. The topological polar surface area (TPSA) is 66.5 Å². The number of rotatable bonds is 3. The van der Waals surface area contributed by atoms with Gasteiger partial charge in [0.15, 0.2) is 0 Å². The predicted octanol–water partition coefficient (Wildman–Crippen LogP) is 1.58. The van der Waals surface area contributed by atoms with Gasteiger partial charge < -0.3 is 5.32 Å². The molecule has 1 aromatic rings. The number of halogens is 1. The van der Waals surface area contributed by atoms with E-state index in [-0.39, 0.29) is 5.69 Å². The quantitative estimate of drug-likeness (QED) is 0.921. The van der Waals surface area contributed by atoms with Crippen LogP contribution in [0, 0.1) is 5.82 Å². The maximum atomic E-state index is 13.5. The SMILES string of the molecule is CS(=O)(=O)N1CCCCC1C(=O)Nc1ccccc1F. The molecule has 0 radical (unpaired) electrons. The number of sulfonamides is 1. The van der Waals surface area contributed by atoms with E-state index in [4.69, 9.17) is 0 Å². The number of nitrogens with zero attached hydrogens (tertiary/aromatic N) is 1. The van der Waals surface area contributed by atoms with E-state index < -0.39 is 27.8 Å². The van der Waals surface area contributed by atoms with Crippen LogP contribution in [-0.4, -0.2) is 37.5 Å². The lowest BCUT2D eigenvalue weighted by molar-refractivity contribution is -0.120. The van der Waals surface area contributed by atoms with Crippen molar-refractivity contribution in [3.63, 3.8) is 0 Å². The Labute approximate surface area is 117 Å². The van der Waals surface area contributed by atoms with Crippen molar-refractivity contribution in [2.45, 2.75) is 25.3 Å². The molecule has 0 aromatic heterocycles. The van der Waals surface area contributed by atoms with Gasteiger partial charge in [0.25, 0.3) is 0 Å². The van der Waals surface area contributed by atoms with Crippen molar-refractivity contribution in [2.75, 3.05) is 18.1 Å². The lowest BCUT2D eigenvalue weighted by Gasteiger charge is -2.32. The molecule has 1 heterocycles. The Hall–Kier alpha value is -1.47. The lowest BCUT2D eigenvalue weighted by Crippen LogP contribution is -2.49. The summed E-state index contributed by atoms with van der Waals surface area (Å²) in [6.07, 6.45) is 3.05. The molecule has 1 saturated heterocycles. The number of benzene rings is 1. The van der Waals surface area contributed by atoms with Crippen LogP contribution in [0.2, 0.25) is 0 Å². The van der Waals surface area contributed by atoms with Gasteiger partial charge >= 0.3 is 0 Å². The molecule has 2 rings (SSSR count). The number of hydrogen-bond donors (Lipinski definition) is 1. The summed E-state index contributed by atoms with van der Waals surface area (Å²) < 4.78 is 38.1. The zero-order valence-electron chi connectivity index (χ0n) is 11.2. The number of amides is 1. The molecule has 110 valence electrons. The smallest absolute Gasteiger partial charge is 0.242 e. The molecular formula is C13H17FN2O3S. The van der Waals surface area contributed by atoms with Gasteiger partial charge in [0.1, 0.15) is 11.9 Å². The molecule has 0 saturated carbocycles. The van der Waals surface area contributed by atoms with E-state index in [1.54, 1.807) is 6.07 Å². The van der Waals surface area contributed by atoms with Crippen LogP contribution >= 0.6 is 0 Å². The molecule has 1 unspecified atom stereocenters. The fraction of sp³-hybridized carbons (Fsp3) is 0.462. The zero-order valence-corrected chi connectivity index (χ0v) is 12.0. The summed E-state index contributed by atoms with van der Waals surface area (Å²) in [6.45, 7) is 0.328. The van der Waals surface area contributed by atoms with E-state index in [2.05, 4.69) is 5.32 Å². The number of carbonyl (C=O) groups is 1. The molecule has 1 aromatic carbocycles. The van der Waals surface area contributed by atoms with Gasteiger partial charge in [0.2, 0.25) is 15.9 Å². The van der Waals surface area contributed by atoms with Crippen molar-refractivity contribution in [3.8, 4) is 0 Å². The highest BCUT2D eigenvalue weighted by Crippen LogP contribution is 2.22. The molecule has 1 N–H and O–H groups in total. The van der Waals surface area contributed by atoms with Gasteiger partial charge in [-0.2, -0.15) is 4.31 Å². The van der Waals surface area contributed by atoms with Crippen LogP contribution in [0.5, 0.6) is 0 Å². The second-order valence-corrected chi connectivity index (χ2v) is 6.79. The fourth-order valence-electron chi connectivity index (χ4n) is 2.34. The van der Waals surface area contributed by atoms with Crippen LogP contribution in [0.4, 0.5) is 10.1 Å². The molecule has 1 aliphatic rings. The van der Waals surface area contributed by atoms with Crippen LogP contribution < -0.4 is 5.32 Å². The number of hydrogen-bond acceptors (Lipinski definition) is 3. The van der Waals surface area contributed by atoms with E-state index >= 15 is 0 Å². The molecule has 20 heavy (non-hydrogen) atoms. The van der Waals surface area contributed by atoms with Crippen LogP contribution in [0.1, 0.15) is 19.3 Å². The van der Waals surface area contributed by atoms with Gasteiger partial charge in [-0.25, -0.2) is 12.8 Å². The van der Waals surface area contributed by atoms with Gasteiger partial charge in [0.05, 0.1) is 11.9 Å². The largest absolute Gasteiger partial charge is 0.322 e. The third-order valence-corrected chi connectivity index (χ3v) is 4.60. The zero-order chi connectivity index (χ0) is 14.8. The number of nitrogens with one attached hydrogen (secondary N) is 1. The minimum Gasteiger partial charge on any atom is -0.322 e. The molecule has 0 bridgehead atoms. The molecule has 1 amide bonds. The monoisotopic (exact) mass is 300 g/mol. The van der Waals surface area contributed by atoms with Gasteiger partial charge in [-0.05, 0) is 25.0 Å². The van der Waals surface area contributed by atoms with Crippen LogP contribution in [0.25, 0.3) is 0 Å². The summed E-state index contributed by atoms with van der Waals surface area (Å²) in [5, 5.41) is 2.46. The van der Waals surface area contributed by atoms with Gasteiger partial charge in [-0.3, -0.25) is 4.79 Å². The number of carbonyl (C=O) groups excluding carboxylic acids is 1. The lowest BCUT2D eigenvalue weighted by atomic mass is 10.0. The van der Waals surface area contributed by atoms with Gasteiger partial charge in [-0.1, -0.05) is 18.6 Å². The molecule has 0 spiro atoms. The van der Waals surface area contributed by atoms with E-state index in [0.29, 0.717) is 13.0 Å². The van der Waals surface area contributed by atoms with Crippen molar-refractivity contribution in [3.05, 3.63) is 30.1 Å². The molecule has 1 aliphatic heterocycles. The Kier molecular flexibility index (Phi) is 4.39. The summed E-state index contributed by atoms with van der Waals surface area (Å²) in [4.78, 5) is 12.2. The third kappa shape index (κ3) is 3.34. The summed E-state index contributed by atoms with van der Waals surface area (Å²) in [7, 11) is -3.44. The summed E-state index contributed by atoms with van der Waals surface area (Å²) in [5.74, 6) is -1.03. The van der Waals surface area contributed by atoms with Crippen molar-refractivity contribution >= 4 is 21.6 Å². The Morgan fingerprint density at radius 2 is 2.05 bits per heavy atom. The van der Waals surface area contributed by atoms with Crippen LogP contribution in [0.15, 0.2) is 24.3 Å². The van der Waals surface area contributed by atoms with Crippen molar-refractivity contribution in [1.29, 1.82) is 0 Å². The molecule has 7 heteroatoms. The minimum absolute atomic E-state index is 0.0662. The van der Waals surface area contributed by atoms with Crippen molar-refractivity contribution < 1.29 is 17.6 Å². The third-order valence-electron chi connectivity index (χ3n) is 3.31. The van der Waals surface area contributed by atoms with E-state index in [0.717, 1.165) is 19.1 Å². The first kappa shape index (κ1) is 14.9. The summed E-state index contributed by atoms with van der Waals surface area (Å²) in [6, 6.07) is 5.05. The standard InChI is InChI=1S/C13H17FN2O3S/c1-20(18,19)16-9-5-4-8-12(16)13(17)15-11-7-3-2-6-10(11)14/h2-3,6-7,12H,4-5,8-9H2,1H3,(H,15,17). The molecule has 0 aliphatic carbocycles. The average molecular weight is 300 g/mol. The maximum Gasteiger partial charge on any atom is 0.242 e. The Morgan fingerprint density at radius 3 is 2.70 bits per heavy atom. The highest BCUT2D eigenvalue weighted by atomic mass is 32.2. The van der Waals surface area contributed by atoms with E-state index in [1.807, 2.05) is 0 Å². The van der Waals surface area contributed by atoms with Crippen LogP contribution in [-0.2, 0) is 14.8 Å². The molecular weight excluding hydrogens is 283 g/mol. The molecule has 5 nitrogen and oxygen atoms in total. The number of anilines is 1. The van der Waals surface area contributed by atoms with Gasteiger partial charge in [0, 0.05) is 6.54 Å². The Morgan fingerprint density at radius 1 is 1.35 bits per heavy atom.